The van der Waals surface area contributed by atoms with Crippen LogP contribution in [0.15, 0.2) is 42.5 Å². The van der Waals surface area contributed by atoms with Crippen molar-refractivity contribution in [2.24, 2.45) is 0 Å². The highest BCUT2D eigenvalue weighted by molar-refractivity contribution is 6.07. The second-order valence-electron chi connectivity index (χ2n) is 7.27. The van der Waals surface area contributed by atoms with Crippen LogP contribution < -0.4 is 10.2 Å². The molecule has 0 saturated carbocycles. The van der Waals surface area contributed by atoms with Crippen molar-refractivity contribution in [3.8, 4) is 0 Å². The zero-order valence-electron chi connectivity index (χ0n) is 17.6. The predicted octanol–water partition coefficient (Wildman–Crippen LogP) is 3.09. The monoisotopic (exact) mass is 409 g/mol. The first-order valence-corrected chi connectivity index (χ1v) is 10.1. The van der Waals surface area contributed by atoms with Crippen molar-refractivity contribution in [3.05, 3.63) is 59.2 Å². The number of rotatable bonds is 5. The minimum Gasteiger partial charge on any atom is -0.462 e. The molecule has 0 aromatic heterocycles. The number of benzene rings is 2. The summed E-state index contributed by atoms with van der Waals surface area (Å²) in [4.78, 5) is 40.5. The van der Waals surface area contributed by atoms with Crippen LogP contribution in [0.5, 0.6) is 0 Å². The van der Waals surface area contributed by atoms with Crippen LogP contribution in [0.25, 0.3) is 0 Å². The van der Waals surface area contributed by atoms with Gasteiger partial charge in [0.15, 0.2) is 0 Å². The molecule has 2 aromatic rings. The SMILES string of the molecule is CCOC(=O)c1ccc(N2CCN(C(C)=O)CC2)c(NC(=O)c2ccc(C)cc2)c1. The molecule has 2 aromatic carbocycles. The van der Waals surface area contributed by atoms with Gasteiger partial charge in [-0.1, -0.05) is 17.7 Å². The Balaban J connectivity index is 1.88. The summed E-state index contributed by atoms with van der Waals surface area (Å²) in [5, 5.41) is 2.95. The van der Waals surface area contributed by atoms with E-state index in [2.05, 4.69) is 10.2 Å². The fourth-order valence-electron chi connectivity index (χ4n) is 3.41. The van der Waals surface area contributed by atoms with Crippen LogP contribution >= 0.6 is 0 Å². The van der Waals surface area contributed by atoms with E-state index in [9.17, 15) is 14.4 Å². The minimum absolute atomic E-state index is 0.0557. The molecule has 0 atom stereocenters. The molecule has 1 aliphatic heterocycles. The van der Waals surface area contributed by atoms with Crippen LogP contribution in [0.4, 0.5) is 11.4 Å². The third-order valence-corrected chi connectivity index (χ3v) is 5.14. The highest BCUT2D eigenvalue weighted by Crippen LogP contribution is 2.29. The maximum atomic E-state index is 12.8. The smallest absolute Gasteiger partial charge is 0.338 e. The van der Waals surface area contributed by atoms with Gasteiger partial charge in [0, 0.05) is 38.7 Å². The van der Waals surface area contributed by atoms with Gasteiger partial charge in [0.1, 0.15) is 0 Å². The maximum Gasteiger partial charge on any atom is 0.338 e. The van der Waals surface area contributed by atoms with Crippen molar-refractivity contribution in [1.29, 1.82) is 0 Å². The molecule has 7 heteroatoms. The van der Waals surface area contributed by atoms with E-state index in [1.807, 2.05) is 25.1 Å². The van der Waals surface area contributed by atoms with Gasteiger partial charge in [0.2, 0.25) is 5.91 Å². The lowest BCUT2D eigenvalue weighted by atomic mass is 10.1. The summed E-state index contributed by atoms with van der Waals surface area (Å²) in [6, 6.07) is 12.5. The maximum absolute atomic E-state index is 12.8. The highest BCUT2D eigenvalue weighted by atomic mass is 16.5. The molecule has 30 heavy (non-hydrogen) atoms. The lowest BCUT2D eigenvalue weighted by Gasteiger charge is -2.36. The second-order valence-corrected chi connectivity index (χ2v) is 7.27. The molecule has 1 fully saturated rings. The molecule has 3 rings (SSSR count). The first-order valence-electron chi connectivity index (χ1n) is 10.1. The first kappa shape index (κ1) is 21.4. The van der Waals surface area contributed by atoms with Crippen LogP contribution in [0, 0.1) is 6.92 Å². The number of nitrogens with zero attached hydrogens (tertiary/aromatic N) is 2. The lowest BCUT2D eigenvalue weighted by Crippen LogP contribution is -2.48. The molecule has 1 heterocycles. The van der Waals surface area contributed by atoms with Crippen molar-refractivity contribution in [1.82, 2.24) is 4.90 Å². The van der Waals surface area contributed by atoms with Crippen molar-refractivity contribution in [2.45, 2.75) is 20.8 Å². The van der Waals surface area contributed by atoms with Crippen molar-refractivity contribution >= 4 is 29.2 Å². The molecule has 7 nitrogen and oxygen atoms in total. The number of piperazine rings is 1. The zero-order chi connectivity index (χ0) is 21.7. The Bertz CT molecular complexity index is 932. The highest BCUT2D eigenvalue weighted by Gasteiger charge is 2.22. The predicted molar refractivity (Wildman–Crippen MR) is 116 cm³/mol. The quantitative estimate of drug-likeness (QED) is 0.768. The summed E-state index contributed by atoms with van der Waals surface area (Å²) < 4.78 is 5.10. The molecule has 1 N–H and O–H groups in total. The first-order chi connectivity index (χ1) is 14.4. The lowest BCUT2D eigenvalue weighted by molar-refractivity contribution is -0.129. The molecular formula is C23H27N3O4. The molecule has 0 unspecified atom stereocenters. The Labute approximate surface area is 176 Å². The van der Waals surface area contributed by atoms with Crippen molar-refractivity contribution < 1.29 is 19.1 Å². The number of esters is 1. The molecular weight excluding hydrogens is 382 g/mol. The standard InChI is InChI=1S/C23H27N3O4/c1-4-30-23(29)19-9-10-21(26-13-11-25(12-14-26)17(3)27)20(15-19)24-22(28)18-7-5-16(2)6-8-18/h5-10,15H,4,11-14H2,1-3H3,(H,24,28). The molecule has 2 amide bonds. The van der Waals surface area contributed by atoms with Gasteiger partial charge in [0.25, 0.3) is 5.91 Å². The average Bonchev–Trinajstić information content (AvgIpc) is 2.74. The van der Waals surface area contributed by atoms with Gasteiger partial charge in [-0.15, -0.1) is 0 Å². The summed E-state index contributed by atoms with van der Waals surface area (Å²) >= 11 is 0. The summed E-state index contributed by atoms with van der Waals surface area (Å²) in [5.74, 6) is -0.629. The molecule has 0 spiro atoms. The fraction of sp³-hybridized carbons (Fsp3) is 0.348. The van der Waals surface area contributed by atoms with Crippen molar-refractivity contribution in [3.63, 3.8) is 0 Å². The van der Waals surface area contributed by atoms with Crippen LogP contribution in [0.1, 0.15) is 40.1 Å². The van der Waals surface area contributed by atoms with Gasteiger partial charge in [-0.3, -0.25) is 9.59 Å². The average molecular weight is 409 g/mol. The van der Waals surface area contributed by atoms with Gasteiger partial charge >= 0.3 is 5.97 Å². The van der Waals surface area contributed by atoms with E-state index < -0.39 is 5.97 Å². The Morgan fingerprint density at radius 2 is 1.60 bits per heavy atom. The van der Waals surface area contributed by atoms with E-state index in [1.165, 1.54) is 0 Å². The summed E-state index contributed by atoms with van der Waals surface area (Å²) in [6.07, 6.45) is 0. The van der Waals surface area contributed by atoms with Gasteiger partial charge in [-0.2, -0.15) is 0 Å². The minimum atomic E-state index is -0.434. The van der Waals surface area contributed by atoms with E-state index >= 15 is 0 Å². The van der Waals surface area contributed by atoms with Gasteiger partial charge in [-0.05, 0) is 44.2 Å². The number of carbonyl (C=O) groups is 3. The van der Waals surface area contributed by atoms with E-state index in [1.54, 1.807) is 43.0 Å². The van der Waals surface area contributed by atoms with Gasteiger partial charge < -0.3 is 19.9 Å². The Morgan fingerprint density at radius 3 is 2.20 bits per heavy atom. The Hall–Kier alpha value is -3.35. The van der Waals surface area contributed by atoms with E-state index in [0.29, 0.717) is 43.0 Å². The second kappa shape index (κ2) is 9.43. The third kappa shape index (κ3) is 4.97. The summed E-state index contributed by atoms with van der Waals surface area (Å²) in [7, 11) is 0. The summed E-state index contributed by atoms with van der Waals surface area (Å²) in [5.41, 5.74) is 3.34. The largest absolute Gasteiger partial charge is 0.462 e. The number of anilines is 2. The third-order valence-electron chi connectivity index (χ3n) is 5.14. The van der Waals surface area contributed by atoms with Crippen LogP contribution in [-0.4, -0.2) is 55.5 Å². The normalized spacial score (nSPS) is 13.7. The number of ether oxygens (including phenoxy) is 1. The number of aryl methyl sites for hydroxylation is 1. The molecule has 0 bridgehead atoms. The number of hydrogen-bond acceptors (Lipinski definition) is 5. The number of amides is 2. The topological polar surface area (TPSA) is 79.0 Å². The molecule has 158 valence electrons. The van der Waals surface area contributed by atoms with E-state index in [0.717, 1.165) is 11.3 Å². The Morgan fingerprint density at radius 1 is 0.967 bits per heavy atom. The molecule has 0 aliphatic carbocycles. The number of nitrogens with one attached hydrogen (secondary N) is 1. The Kier molecular flexibility index (Phi) is 6.72. The number of hydrogen-bond donors (Lipinski definition) is 1. The van der Waals surface area contributed by atoms with Gasteiger partial charge in [0.05, 0.1) is 23.5 Å². The van der Waals surface area contributed by atoms with Crippen LogP contribution in [0.2, 0.25) is 0 Å². The molecule has 1 aliphatic rings. The summed E-state index contributed by atoms with van der Waals surface area (Å²) in [6.45, 7) is 8.07. The molecule has 1 saturated heterocycles. The fourth-order valence-corrected chi connectivity index (χ4v) is 3.41. The van der Waals surface area contributed by atoms with Crippen LogP contribution in [-0.2, 0) is 9.53 Å². The van der Waals surface area contributed by atoms with Crippen LogP contribution in [0.3, 0.4) is 0 Å². The van der Waals surface area contributed by atoms with E-state index in [-0.39, 0.29) is 18.4 Å². The number of carbonyl (C=O) groups excluding carboxylic acids is 3. The van der Waals surface area contributed by atoms with Crippen molar-refractivity contribution in [2.75, 3.05) is 43.0 Å². The van der Waals surface area contributed by atoms with E-state index in [4.69, 9.17) is 4.74 Å². The van der Waals surface area contributed by atoms with Gasteiger partial charge in [-0.25, -0.2) is 4.79 Å². The molecule has 0 radical (unpaired) electrons. The zero-order valence-corrected chi connectivity index (χ0v) is 17.6.